The van der Waals surface area contributed by atoms with E-state index >= 15 is 0 Å². The third kappa shape index (κ3) is 4.14. The number of fused-ring (bicyclic) bond motifs is 1. The lowest BCUT2D eigenvalue weighted by atomic mass is 10.0. The Morgan fingerprint density at radius 1 is 0.812 bits per heavy atom. The number of anilines is 3. The van der Waals surface area contributed by atoms with Gasteiger partial charge in [-0.25, -0.2) is 0 Å². The van der Waals surface area contributed by atoms with E-state index in [-0.39, 0.29) is 12.1 Å². The van der Waals surface area contributed by atoms with Crippen molar-refractivity contribution in [1.29, 1.82) is 0 Å². The summed E-state index contributed by atoms with van der Waals surface area (Å²) in [7, 11) is 0. The summed E-state index contributed by atoms with van der Waals surface area (Å²) in [5.41, 5.74) is 10.7. The zero-order valence-electron chi connectivity index (χ0n) is 18.2. The van der Waals surface area contributed by atoms with E-state index in [0.717, 1.165) is 61.8 Å². The molecule has 1 fully saturated rings. The molecule has 0 aliphatic carbocycles. The quantitative estimate of drug-likeness (QED) is 0.612. The van der Waals surface area contributed by atoms with Crippen LogP contribution in [0, 0.1) is 0 Å². The summed E-state index contributed by atoms with van der Waals surface area (Å²) in [6.07, 6.45) is -0.158. The van der Waals surface area contributed by atoms with Crippen molar-refractivity contribution in [3.8, 4) is 0 Å². The van der Waals surface area contributed by atoms with Gasteiger partial charge in [0.15, 0.2) is 0 Å². The Labute approximate surface area is 189 Å². The Morgan fingerprint density at radius 2 is 1.50 bits per heavy atom. The molecule has 6 heteroatoms. The van der Waals surface area contributed by atoms with Gasteiger partial charge >= 0.3 is 0 Å². The number of piperazine rings is 1. The molecule has 2 aliphatic rings. The number of nitrogens with two attached hydrogens (primary N) is 1. The summed E-state index contributed by atoms with van der Waals surface area (Å²) in [6.45, 7) is 5.82. The fourth-order valence-electron chi connectivity index (χ4n) is 4.65. The molecule has 0 aromatic heterocycles. The third-order valence-corrected chi connectivity index (χ3v) is 6.44. The minimum Gasteiger partial charge on any atom is -0.399 e. The first-order valence-electron chi connectivity index (χ1n) is 11.2. The monoisotopic (exact) mass is 427 g/mol. The average Bonchev–Trinajstić information content (AvgIpc) is 2.85. The van der Waals surface area contributed by atoms with Crippen LogP contribution in [0.2, 0.25) is 0 Å². The molecule has 5 rings (SSSR count). The number of rotatable bonds is 5. The normalized spacial score (nSPS) is 18.9. The molecule has 2 aliphatic heterocycles. The highest BCUT2D eigenvalue weighted by Gasteiger charge is 2.31. The molecule has 3 aromatic carbocycles. The van der Waals surface area contributed by atoms with E-state index in [9.17, 15) is 4.79 Å². The van der Waals surface area contributed by atoms with Crippen LogP contribution >= 0.6 is 0 Å². The molecular weight excluding hydrogens is 398 g/mol. The van der Waals surface area contributed by atoms with Crippen LogP contribution in [0.1, 0.15) is 22.1 Å². The second-order valence-electron chi connectivity index (χ2n) is 8.42. The highest BCUT2D eigenvalue weighted by molar-refractivity contribution is 6.02. The van der Waals surface area contributed by atoms with Gasteiger partial charge in [-0.15, -0.1) is 0 Å². The predicted octanol–water partition coefficient (Wildman–Crippen LogP) is 3.34. The molecule has 0 spiro atoms. The second-order valence-corrected chi connectivity index (χ2v) is 8.42. The molecule has 6 nitrogen and oxygen atoms in total. The molecule has 3 N–H and O–H groups in total. The van der Waals surface area contributed by atoms with Gasteiger partial charge in [0.2, 0.25) is 0 Å². The summed E-state index contributed by atoms with van der Waals surface area (Å²) >= 11 is 0. The smallest absolute Gasteiger partial charge is 0.255 e. The van der Waals surface area contributed by atoms with Crippen LogP contribution in [-0.4, -0.2) is 50.1 Å². The summed E-state index contributed by atoms with van der Waals surface area (Å²) in [6, 6.07) is 26.3. The van der Waals surface area contributed by atoms with Gasteiger partial charge in [0.1, 0.15) is 6.17 Å². The number of carbonyl (C=O) groups is 1. The van der Waals surface area contributed by atoms with E-state index in [2.05, 4.69) is 50.3 Å². The van der Waals surface area contributed by atoms with Crippen molar-refractivity contribution in [3.05, 3.63) is 90.0 Å². The maximum atomic E-state index is 12.8. The van der Waals surface area contributed by atoms with Crippen molar-refractivity contribution < 1.29 is 4.79 Å². The van der Waals surface area contributed by atoms with Gasteiger partial charge in [0, 0.05) is 50.6 Å². The molecule has 3 aromatic rings. The van der Waals surface area contributed by atoms with E-state index < -0.39 is 0 Å². The van der Waals surface area contributed by atoms with E-state index in [0.29, 0.717) is 0 Å². The van der Waals surface area contributed by atoms with Gasteiger partial charge in [-0.1, -0.05) is 42.5 Å². The highest BCUT2D eigenvalue weighted by Crippen LogP contribution is 2.32. The van der Waals surface area contributed by atoms with Crippen molar-refractivity contribution in [2.75, 3.05) is 54.8 Å². The van der Waals surface area contributed by atoms with Crippen LogP contribution in [0.4, 0.5) is 17.1 Å². The fourth-order valence-corrected chi connectivity index (χ4v) is 4.65. The maximum Gasteiger partial charge on any atom is 0.255 e. The van der Waals surface area contributed by atoms with Gasteiger partial charge in [-0.3, -0.25) is 9.69 Å². The van der Waals surface area contributed by atoms with Gasteiger partial charge < -0.3 is 20.9 Å². The number of para-hydroxylation sites is 1. The molecule has 32 heavy (non-hydrogen) atoms. The maximum absolute atomic E-state index is 12.8. The second kappa shape index (κ2) is 8.93. The molecule has 1 saturated heterocycles. The Bertz CT molecular complexity index is 1060. The summed E-state index contributed by atoms with van der Waals surface area (Å²) < 4.78 is 0. The first-order chi connectivity index (χ1) is 15.7. The first-order valence-corrected chi connectivity index (χ1v) is 11.2. The van der Waals surface area contributed by atoms with Crippen LogP contribution in [-0.2, 0) is 0 Å². The molecule has 2 heterocycles. The molecule has 0 bridgehead atoms. The number of hydrogen-bond donors (Lipinski definition) is 2. The zero-order chi connectivity index (χ0) is 21.9. The number of nitrogens with zero attached hydrogens (tertiary/aromatic N) is 3. The van der Waals surface area contributed by atoms with Crippen LogP contribution in [0.5, 0.6) is 0 Å². The van der Waals surface area contributed by atoms with Crippen LogP contribution in [0.3, 0.4) is 0 Å². The van der Waals surface area contributed by atoms with Gasteiger partial charge in [-0.05, 0) is 42.0 Å². The van der Waals surface area contributed by atoms with Crippen molar-refractivity contribution in [3.63, 3.8) is 0 Å². The lowest BCUT2D eigenvalue weighted by molar-refractivity contribution is 0.0925. The van der Waals surface area contributed by atoms with Crippen molar-refractivity contribution in [2.45, 2.75) is 6.17 Å². The van der Waals surface area contributed by atoms with E-state index in [1.54, 1.807) is 0 Å². The zero-order valence-corrected chi connectivity index (χ0v) is 18.2. The number of amides is 1. The number of benzene rings is 3. The van der Waals surface area contributed by atoms with Gasteiger partial charge in [0.25, 0.3) is 5.91 Å². The molecular formula is C26H29N5O. The van der Waals surface area contributed by atoms with Crippen LogP contribution in [0.25, 0.3) is 0 Å². The number of carbonyl (C=O) groups excluding carboxylic acids is 1. The molecule has 164 valence electrons. The summed E-state index contributed by atoms with van der Waals surface area (Å²) in [4.78, 5) is 20.0. The molecule has 1 unspecified atom stereocenters. The minimum atomic E-state index is -0.158. The van der Waals surface area contributed by atoms with Gasteiger partial charge in [0.05, 0.1) is 11.3 Å². The largest absolute Gasteiger partial charge is 0.399 e. The Kier molecular flexibility index (Phi) is 5.69. The van der Waals surface area contributed by atoms with Crippen molar-refractivity contribution >= 4 is 23.0 Å². The topological polar surface area (TPSA) is 64.8 Å². The number of nitrogen functional groups attached to an aromatic ring is 1. The highest BCUT2D eigenvalue weighted by atomic mass is 16.2. The summed E-state index contributed by atoms with van der Waals surface area (Å²) in [5, 5.41) is 3.21. The van der Waals surface area contributed by atoms with E-state index in [1.165, 1.54) is 5.69 Å². The SMILES string of the molecule is Nc1ccc(N2CCN(CCN3c4ccccc4C(=O)NC3c3ccccc3)CC2)cc1. The third-order valence-electron chi connectivity index (χ3n) is 6.44. The van der Waals surface area contributed by atoms with Crippen molar-refractivity contribution in [2.24, 2.45) is 0 Å². The number of hydrogen-bond acceptors (Lipinski definition) is 5. The Hall–Kier alpha value is -3.51. The Morgan fingerprint density at radius 3 is 2.25 bits per heavy atom. The molecule has 1 amide bonds. The van der Waals surface area contributed by atoms with Gasteiger partial charge in [-0.2, -0.15) is 0 Å². The molecule has 0 saturated carbocycles. The standard InChI is InChI=1S/C26H29N5O/c27-21-10-12-22(13-11-21)30-17-14-29(15-18-30)16-19-31-24-9-5-4-8-23(24)26(32)28-25(31)20-6-2-1-3-7-20/h1-13,25H,14-19,27H2,(H,28,32). The fraction of sp³-hybridized carbons (Fsp3) is 0.269. The average molecular weight is 428 g/mol. The first kappa shape index (κ1) is 20.4. The predicted molar refractivity (Wildman–Crippen MR) is 130 cm³/mol. The van der Waals surface area contributed by atoms with Crippen LogP contribution < -0.4 is 20.9 Å². The Balaban J connectivity index is 1.28. The number of nitrogens with one attached hydrogen (secondary N) is 1. The van der Waals surface area contributed by atoms with Crippen LogP contribution in [0.15, 0.2) is 78.9 Å². The lowest BCUT2D eigenvalue weighted by Crippen LogP contribution is -2.52. The van der Waals surface area contributed by atoms with E-state index in [4.69, 9.17) is 5.73 Å². The minimum absolute atomic E-state index is 0.0113. The molecule has 0 radical (unpaired) electrons. The van der Waals surface area contributed by atoms with Crippen molar-refractivity contribution in [1.82, 2.24) is 10.2 Å². The lowest BCUT2D eigenvalue weighted by Gasteiger charge is -2.41. The molecule has 1 atom stereocenters. The summed E-state index contributed by atoms with van der Waals surface area (Å²) in [5.74, 6) is -0.0113. The van der Waals surface area contributed by atoms with E-state index in [1.807, 2.05) is 48.5 Å².